The van der Waals surface area contributed by atoms with Crippen molar-refractivity contribution in [3.05, 3.63) is 0 Å². The Hall–Kier alpha value is -0.610. The first-order chi connectivity index (χ1) is 5.95. The van der Waals surface area contributed by atoms with Crippen molar-refractivity contribution in [1.29, 1.82) is 0 Å². The summed E-state index contributed by atoms with van der Waals surface area (Å²) in [7, 11) is 0. The molecule has 0 aromatic carbocycles. The SMILES string of the molecule is CC(C)(CN1CC(CO)C1)C(=O)O. The number of carbonyl (C=O) groups is 1. The van der Waals surface area contributed by atoms with Crippen LogP contribution in [0.1, 0.15) is 13.8 Å². The van der Waals surface area contributed by atoms with Gasteiger partial charge in [-0.15, -0.1) is 0 Å². The highest BCUT2D eigenvalue weighted by Gasteiger charge is 2.35. The van der Waals surface area contributed by atoms with Gasteiger partial charge in [0.1, 0.15) is 0 Å². The molecule has 1 saturated heterocycles. The monoisotopic (exact) mass is 187 g/mol. The number of carboxylic acids is 1. The molecule has 0 aromatic rings. The number of hydrogen-bond donors (Lipinski definition) is 2. The van der Waals surface area contributed by atoms with E-state index >= 15 is 0 Å². The second-order valence-electron chi connectivity index (χ2n) is 4.43. The highest BCUT2D eigenvalue weighted by Crippen LogP contribution is 2.23. The van der Waals surface area contributed by atoms with Crippen molar-refractivity contribution < 1.29 is 15.0 Å². The lowest BCUT2D eigenvalue weighted by Gasteiger charge is -2.41. The molecule has 0 atom stereocenters. The van der Waals surface area contributed by atoms with Crippen molar-refractivity contribution in [2.75, 3.05) is 26.2 Å². The third kappa shape index (κ3) is 2.42. The zero-order chi connectivity index (χ0) is 10.1. The van der Waals surface area contributed by atoms with E-state index in [1.807, 2.05) is 0 Å². The van der Waals surface area contributed by atoms with Crippen LogP contribution in [0.15, 0.2) is 0 Å². The Morgan fingerprint density at radius 1 is 1.54 bits per heavy atom. The molecular weight excluding hydrogens is 170 g/mol. The molecule has 1 fully saturated rings. The number of aliphatic hydroxyl groups excluding tert-OH is 1. The minimum atomic E-state index is -0.764. The van der Waals surface area contributed by atoms with E-state index in [0.29, 0.717) is 12.5 Å². The largest absolute Gasteiger partial charge is 0.481 e. The van der Waals surface area contributed by atoms with Gasteiger partial charge in [0, 0.05) is 32.2 Å². The van der Waals surface area contributed by atoms with Crippen LogP contribution >= 0.6 is 0 Å². The lowest BCUT2D eigenvalue weighted by molar-refractivity contribution is -0.149. The van der Waals surface area contributed by atoms with Crippen molar-refractivity contribution >= 4 is 5.97 Å². The Bertz CT molecular complexity index is 197. The molecule has 2 N–H and O–H groups in total. The normalized spacial score (nSPS) is 19.9. The van der Waals surface area contributed by atoms with E-state index in [1.165, 1.54) is 0 Å². The maximum absolute atomic E-state index is 10.8. The average Bonchev–Trinajstić information content (AvgIpc) is 1.95. The van der Waals surface area contributed by atoms with Gasteiger partial charge in [-0.2, -0.15) is 0 Å². The van der Waals surface area contributed by atoms with Crippen LogP contribution < -0.4 is 0 Å². The molecule has 1 rings (SSSR count). The molecule has 0 radical (unpaired) electrons. The molecule has 1 aliphatic rings. The molecular formula is C9H17NO3. The fourth-order valence-electron chi connectivity index (χ4n) is 1.55. The lowest BCUT2D eigenvalue weighted by atomic mass is 9.90. The Morgan fingerprint density at radius 3 is 2.46 bits per heavy atom. The van der Waals surface area contributed by atoms with Gasteiger partial charge in [0.25, 0.3) is 0 Å². The minimum Gasteiger partial charge on any atom is -0.481 e. The molecule has 1 heterocycles. The highest BCUT2D eigenvalue weighted by molar-refractivity contribution is 5.73. The molecule has 4 nitrogen and oxygen atoms in total. The maximum Gasteiger partial charge on any atom is 0.310 e. The Kier molecular flexibility index (Phi) is 2.93. The third-order valence-electron chi connectivity index (χ3n) is 2.49. The van der Waals surface area contributed by atoms with Crippen LogP contribution in [0.3, 0.4) is 0 Å². The van der Waals surface area contributed by atoms with Crippen LogP contribution in [0.5, 0.6) is 0 Å². The summed E-state index contributed by atoms with van der Waals surface area (Å²) in [6.07, 6.45) is 0. The minimum absolute atomic E-state index is 0.212. The van der Waals surface area contributed by atoms with Gasteiger partial charge in [-0.05, 0) is 13.8 Å². The number of nitrogens with zero attached hydrogens (tertiary/aromatic N) is 1. The van der Waals surface area contributed by atoms with Gasteiger partial charge >= 0.3 is 5.97 Å². The van der Waals surface area contributed by atoms with Crippen LogP contribution in [0.4, 0.5) is 0 Å². The van der Waals surface area contributed by atoms with E-state index < -0.39 is 11.4 Å². The first kappa shape index (κ1) is 10.5. The zero-order valence-corrected chi connectivity index (χ0v) is 8.16. The van der Waals surface area contributed by atoms with Crippen molar-refractivity contribution in [2.45, 2.75) is 13.8 Å². The maximum atomic E-state index is 10.8. The molecule has 0 aliphatic carbocycles. The molecule has 0 aromatic heterocycles. The van der Waals surface area contributed by atoms with Crippen molar-refractivity contribution in [3.8, 4) is 0 Å². The van der Waals surface area contributed by atoms with E-state index in [1.54, 1.807) is 13.8 Å². The third-order valence-corrected chi connectivity index (χ3v) is 2.49. The van der Waals surface area contributed by atoms with Crippen LogP contribution in [0.2, 0.25) is 0 Å². The van der Waals surface area contributed by atoms with Crippen LogP contribution in [-0.2, 0) is 4.79 Å². The average molecular weight is 187 g/mol. The number of hydrogen-bond acceptors (Lipinski definition) is 3. The van der Waals surface area contributed by atoms with Gasteiger partial charge in [0.2, 0.25) is 0 Å². The standard InChI is InChI=1S/C9H17NO3/c1-9(2,8(12)13)6-10-3-7(4-10)5-11/h7,11H,3-6H2,1-2H3,(H,12,13). The molecule has 0 spiro atoms. The molecule has 4 heteroatoms. The van der Waals surface area contributed by atoms with Crippen molar-refractivity contribution in [2.24, 2.45) is 11.3 Å². The van der Waals surface area contributed by atoms with Crippen molar-refractivity contribution in [3.63, 3.8) is 0 Å². The first-order valence-electron chi connectivity index (χ1n) is 4.52. The van der Waals surface area contributed by atoms with Gasteiger partial charge in [-0.25, -0.2) is 0 Å². The van der Waals surface area contributed by atoms with Gasteiger partial charge < -0.3 is 15.1 Å². The molecule has 76 valence electrons. The second-order valence-corrected chi connectivity index (χ2v) is 4.43. The summed E-state index contributed by atoms with van der Waals surface area (Å²) in [5.74, 6) is -0.412. The Labute approximate surface area is 78.2 Å². The number of likely N-dealkylation sites (tertiary alicyclic amines) is 1. The quantitative estimate of drug-likeness (QED) is 0.651. The Balaban J connectivity index is 2.31. The predicted octanol–water partition coefficient (Wildman–Crippen LogP) is 0.0213. The van der Waals surface area contributed by atoms with E-state index in [4.69, 9.17) is 10.2 Å². The predicted molar refractivity (Wildman–Crippen MR) is 48.4 cm³/mol. The van der Waals surface area contributed by atoms with Crippen LogP contribution in [0, 0.1) is 11.3 Å². The summed E-state index contributed by atoms with van der Waals surface area (Å²) >= 11 is 0. The summed E-state index contributed by atoms with van der Waals surface area (Å²) < 4.78 is 0. The number of aliphatic hydroxyl groups is 1. The molecule has 0 bridgehead atoms. The first-order valence-corrected chi connectivity index (χ1v) is 4.52. The fourth-order valence-corrected chi connectivity index (χ4v) is 1.55. The summed E-state index contributed by atoms with van der Waals surface area (Å²) in [6, 6.07) is 0. The number of rotatable bonds is 4. The molecule has 0 saturated carbocycles. The second kappa shape index (κ2) is 3.64. The van der Waals surface area contributed by atoms with E-state index in [9.17, 15) is 4.79 Å². The van der Waals surface area contributed by atoms with Gasteiger partial charge in [0.15, 0.2) is 0 Å². The number of aliphatic carboxylic acids is 1. The summed E-state index contributed by atoms with van der Waals surface area (Å²) in [5, 5.41) is 17.6. The van der Waals surface area contributed by atoms with Crippen LogP contribution in [-0.4, -0.2) is 47.3 Å². The summed E-state index contributed by atoms with van der Waals surface area (Å²) in [6.45, 7) is 5.88. The molecule has 13 heavy (non-hydrogen) atoms. The molecule has 1 aliphatic heterocycles. The zero-order valence-electron chi connectivity index (χ0n) is 8.16. The molecule has 0 amide bonds. The van der Waals surface area contributed by atoms with Crippen molar-refractivity contribution in [1.82, 2.24) is 4.90 Å². The van der Waals surface area contributed by atoms with E-state index in [0.717, 1.165) is 13.1 Å². The lowest BCUT2D eigenvalue weighted by Crippen LogP contribution is -2.52. The van der Waals surface area contributed by atoms with Gasteiger partial charge in [-0.1, -0.05) is 0 Å². The van der Waals surface area contributed by atoms with Gasteiger partial charge in [-0.3, -0.25) is 4.79 Å². The molecule has 0 unspecified atom stereocenters. The number of carboxylic acid groups (broad SMARTS) is 1. The van der Waals surface area contributed by atoms with Gasteiger partial charge in [0.05, 0.1) is 5.41 Å². The van der Waals surface area contributed by atoms with E-state index in [2.05, 4.69) is 4.90 Å². The van der Waals surface area contributed by atoms with E-state index in [-0.39, 0.29) is 6.61 Å². The smallest absolute Gasteiger partial charge is 0.310 e. The summed E-state index contributed by atoms with van der Waals surface area (Å²) in [4.78, 5) is 12.8. The topological polar surface area (TPSA) is 60.8 Å². The highest BCUT2D eigenvalue weighted by atomic mass is 16.4. The Morgan fingerprint density at radius 2 is 2.08 bits per heavy atom. The summed E-state index contributed by atoms with van der Waals surface area (Å²) in [5.41, 5.74) is -0.680. The fraction of sp³-hybridized carbons (Fsp3) is 0.889. The van der Waals surface area contributed by atoms with Crippen LogP contribution in [0.25, 0.3) is 0 Å².